The van der Waals surface area contributed by atoms with Crippen LogP contribution in [0.1, 0.15) is 48.0 Å². The summed E-state index contributed by atoms with van der Waals surface area (Å²) in [7, 11) is 0. The average Bonchev–Trinajstić information content (AvgIpc) is 2.83. The second-order valence-electron chi connectivity index (χ2n) is 8.86. The zero-order valence-electron chi connectivity index (χ0n) is 19.8. The van der Waals surface area contributed by atoms with Crippen molar-refractivity contribution in [2.24, 2.45) is 5.73 Å². The zero-order chi connectivity index (χ0) is 26.0. The molecule has 0 bridgehead atoms. The summed E-state index contributed by atoms with van der Waals surface area (Å²) in [5.74, 6) is -0.405. The molecular formula is C24H28F3N7O2. The number of nitrogen functional groups attached to an aromatic ring is 1. The van der Waals surface area contributed by atoms with E-state index in [9.17, 15) is 22.8 Å². The molecule has 1 fully saturated rings. The lowest BCUT2D eigenvalue weighted by molar-refractivity contribution is -0.138. The molecule has 1 amide bonds. The average molecular weight is 504 g/mol. The number of nitrogens with one attached hydrogen (secondary N) is 1. The van der Waals surface area contributed by atoms with Gasteiger partial charge in [0.15, 0.2) is 5.65 Å². The van der Waals surface area contributed by atoms with Crippen LogP contribution >= 0.6 is 0 Å². The highest BCUT2D eigenvalue weighted by Gasteiger charge is 2.29. The maximum Gasteiger partial charge on any atom is 0.390 e. The number of halogens is 3. The molecule has 3 aromatic rings. The lowest BCUT2D eigenvalue weighted by Gasteiger charge is -2.32. The molecule has 12 heteroatoms. The highest BCUT2D eigenvalue weighted by Crippen LogP contribution is 2.30. The number of nitrogens with two attached hydrogens (primary N) is 2. The van der Waals surface area contributed by atoms with Gasteiger partial charge in [-0.3, -0.25) is 9.59 Å². The lowest BCUT2D eigenvalue weighted by Crippen LogP contribution is -2.35. The minimum Gasteiger partial charge on any atom is -0.384 e. The van der Waals surface area contributed by atoms with Gasteiger partial charge in [0.25, 0.3) is 5.91 Å². The number of hydrogen-bond acceptors (Lipinski definition) is 7. The number of hydrogen-bond donors (Lipinski definition) is 3. The molecule has 0 atom stereocenters. The first-order valence-electron chi connectivity index (χ1n) is 11.7. The second kappa shape index (κ2) is 10.1. The van der Waals surface area contributed by atoms with Crippen molar-refractivity contribution in [1.82, 2.24) is 19.4 Å². The Morgan fingerprint density at radius 3 is 2.44 bits per heavy atom. The number of aromatic nitrogens is 3. The molecule has 1 aliphatic rings. The number of aryl methyl sites for hydroxylation is 1. The van der Waals surface area contributed by atoms with Gasteiger partial charge in [-0.2, -0.15) is 18.2 Å². The van der Waals surface area contributed by atoms with Gasteiger partial charge >= 0.3 is 6.18 Å². The first-order valence-corrected chi connectivity index (χ1v) is 11.7. The number of carbonyl (C=O) groups excluding carboxylic acids is 1. The third-order valence-corrected chi connectivity index (χ3v) is 6.54. The summed E-state index contributed by atoms with van der Waals surface area (Å²) in [6, 6.07) is 7.74. The van der Waals surface area contributed by atoms with Crippen molar-refractivity contribution in [1.29, 1.82) is 0 Å². The highest BCUT2D eigenvalue weighted by molar-refractivity contribution is 6.00. The van der Waals surface area contributed by atoms with Crippen molar-refractivity contribution in [3.05, 3.63) is 51.8 Å². The largest absolute Gasteiger partial charge is 0.390 e. The van der Waals surface area contributed by atoms with Crippen molar-refractivity contribution in [2.45, 2.75) is 44.8 Å². The molecular weight excluding hydrogens is 475 g/mol. The fourth-order valence-corrected chi connectivity index (χ4v) is 4.60. The number of alkyl halides is 3. The third kappa shape index (κ3) is 5.43. The molecule has 4 rings (SSSR count). The van der Waals surface area contributed by atoms with Crippen LogP contribution in [0.5, 0.6) is 0 Å². The number of piperidine rings is 1. The van der Waals surface area contributed by atoms with Gasteiger partial charge < -0.3 is 26.3 Å². The normalized spacial score (nSPS) is 15.3. The van der Waals surface area contributed by atoms with Crippen molar-refractivity contribution in [2.75, 3.05) is 30.7 Å². The number of primary amides is 1. The van der Waals surface area contributed by atoms with Gasteiger partial charge in [0.05, 0.1) is 11.8 Å². The molecule has 0 radical (unpaired) electrons. The van der Waals surface area contributed by atoms with E-state index in [1.54, 1.807) is 6.92 Å². The lowest BCUT2D eigenvalue weighted by atomic mass is 9.89. The standard InChI is InChI=1S/C24H28F3N7O2/c1-2-34-20(28)18(21(29)36)19(35)17-13-30-23(32-22(17)34)31-16-5-3-14(4-6-16)15-7-10-33(11-8-15)12-9-24(25,26)27/h3-6,13,15H,2,7-12,28H2,1H3,(H2,29,36)(H,30,31,32). The van der Waals surface area contributed by atoms with Gasteiger partial charge in [-0.1, -0.05) is 12.1 Å². The first kappa shape index (κ1) is 25.4. The smallest absolute Gasteiger partial charge is 0.384 e. The molecule has 3 heterocycles. The Morgan fingerprint density at radius 2 is 1.86 bits per heavy atom. The summed E-state index contributed by atoms with van der Waals surface area (Å²) in [6.45, 7) is 3.51. The Balaban J connectivity index is 1.46. The summed E-state index contributed by atoms with van der Waals surface area (Å²) in [5.41, 5.74) is 12.6. The molecule has 192 valence electrons. The van der Waals surface area contributed by atoms with E-state index in [0.29, 0.717) is 25.6 Å². The Hall–Kier alpha value is -3.67. The van der Waals surface area contributed by atoms with Crippen LogP contribution in [0.3, 0.4) is 0 Å². The van der Waals surface area contributed by atoms with E-state index in [4.69, 9.17) is 11.5 Å². The van der Waals surface area contributed by atoms with Crippen LogP contribution in [0.25, 0.3) is 11.0 Å². The van der Waals surface area contributed by atoms with Gasteiger partial charge in [-0.05, 0) is 56.5 Å². The molecule has 0 aliphatic carbocycles. The maximum absolute atomic E-state index is 12.7. The van der Waals surface area contributed by atoms with E-state index in [-0.39, 0.29) is 34.9 Å². The van der Waals surface area contributed by atoms with Crippen LogP contribution in [0.2, 0.25) is 0 Å². The van der Waals surface area contributed by atoms with Crippen LogP contribution in [0.15, 0.2) is 35.3 Å². The van der Waals surface area contributed by atoms with Crippen LogP contribution in [-0.2, 0) is 6.54 Å². The minimum atomic E-state index is -4.12. The van der Waals surface area contributed by atoms with Gasteiger partial charge in [0.1, 0.15) is 11.4 Å². The van der Waals surface area contributed by atoms with Crippen LogP contribution in [0, 0.1) is 0 Å². The zero-order valence-corrected chi connectivity index (χ0v) is 19.8. The number of amides is 1. The molecule has 1 saturated heterocycles. The summed E-state index contributed by atoms with van der Waals surface area (Å²) in [4.78, 5) is 34.9. The van der Waals surface area contributed by atoms with Gasteiger partial charge in [0.2, 0.25) is 11.4 Å². The number of benzene rings is 1. The number of pyridine rings is 1. The summed E-state index contributed by atoms with van der Waals surface area (Å²) in [5, 5.41) is 3.25. The van der Waals surface area contributed by atoms with E-state index in [1.807, 2.05) is 29.2 Å². The van der Waals surface area contributed by atoms with E-state index < -0.39 is 23.9 Å². The summed E-state index contributed by atoms with van der Waals surface area (Å²) >= 11 is 0. The molecule has 1 aliphatic heterocycles. The first-order chi connectivity index (χ1) is 17.1. The van der Waals surface area contributed by atoms with Crippen LogP contribution < -0.4 is 22.2 Å². The molecule has 0 spiro atoms. The molecule has 5 N–H and O–H groups in total. The third-order valence-electron chi connectivity index (χ3n) is 6.54. The second-order valence-corrected chi connectivity index (χ2v) is 8.86. The van der Waals surface area contributed by atoms with Gasteiger partial charge in [-0.25, -0.2) is 4.98 Å². The fraction of sp³-hybridized carbons (Fsp3) is 0.417. The van der Waals surface area contributed by atoms with Gasteiger partial charge in [-0.15, -0.1) is 0 Å². The Labute approximate surface area is 205 Å². The van der Waals surface area contributed by atoms with Crippen LogP contribution in [-0.4, -0.2) is 51.2 Å². The monoisotopic (exact) mass is 503 g/mol. The highest BCUT2D eigenvalue weighted by atomic mass is 19.4. The molecule has 36 heavy (non-hydrogen) atoms. The minimum absolute atomic E-state index is 0.0408. The van der Waals surface area contributed by atoms with E-state index in [0.717, 1.165) is 24.1 Å². The molecule has 2 aromatic heterocycles. The van der Waals surface area contributed by atoms with E-state index in [1.165, 1.54) is 10.8 Å². The Morgan fingerprint density at radius 1 is 1.19 bits per heavy atom. The van der Waals surface area contributed by atoms with Crippen molar-refractivity contribution < 1.29 is 18.0 Å². The summed E-state index contributed by atoms with van der Waals surface area (Å²) in [6.07, 6.45) is -1.95. The van der Waals surface area contributed by atoms with Gasteiger partial charge in [0, 0.05) is 25.0 Å². The van der Waals surface area contributed by atoms with E-state index >= 15 is 0 Å². The molecule has 1 aromatic carbocycles. The Kier molecular flexibility index (Phi) is 7.16. The molecule has 9 nitrogen and oxygen atoms in total. The maximum atomic E-state index is 12.7. The number of nitrogens with zero attached hydrogens (tertiary/aromatic N) is 4. The molecule has 0 saturated carbocycles. The van der Waals surface area contributed by atoms with Crippen LogP contribution in [0.4, 0.5) is 30.6 Å². The summed E-state index contributed by atoms with van der Waals surface area (Å²) < 4.78 is 38.9. The molecule has 0 unspecified atom stereocenters. The number of carbonyl (C=O) groups is 1. The van der Waals surface area contributed by atoms with Crippen molar-refractivity contribution in [3.63, 3.8) is 0 Å². The number of rotatable bonds is 7. The van der Waals surface area contributed by atoms with E-state index in [2.05, 4.69) is 15.3 Å². The predicted octanol–water partition coefficient (Wildman–Crippen LogP) is 3.37. The fourth-order valence-electron chi connectivity index (χ4n) is 4.60. The SMILES string of the molecule is CCn1c(N)c(C(N)=O)c(=O)c2cnc(Nc3ccc(C4CCN(CCC(F)(F)F)CC4)cc3)nc21. The Bertz CT molecular complexity index is 1310. The van der Waals surface area contributed by atoms with Crippen molar-refractivity contribution >= 4 is 34.4 Å². The van der Waals surface area contributed by atoms with Crippen molar-refractivity contribution in [3.8, 4) is 0 Å². The number of likely N-dealkylation sites (tertiary alicyclic amines) is 1. The topological polar surface area (TPSA) is 132 Å². The quantitative estimate of drug-likeness (QED) is 0.450. The number of anilines is 3. The predicted molar refractivity (Wildman–Crippen MR) is 131 cm³/mol. The number of fused-ring (bicyclic) bond motifs is 1.